The molecule has 3 nitrogen and oxygen atoms in total. The average molecular weight is 410 g/mol. The van der Waals surface area contributed by atoms with E-state index in [1.165, 1.54) is 16.7 Å². The van der Waals surface area contributed by atoms with Gasteiger partial charge in [-0.1, -0.05) is 105 Å². The summed E-state index contributed by atoms with van der Waals surface area (Å²) in [5, 5.41) is 0. The van der Waals surface area contributed by atoms with E-state index in [2.05, 4.69) is 116 Å². The molecule has 0 spiro atoms. The lowest BCUT2D eigenvalue weighted by molar-refractivity contribution is 0.492. The number of benzene rings is 3. The number of hydrogen-bond acceptors (Lipinski definition) is 2. The van der Waals surface area contributed by atoms with Gasteiger partial charge in [-0.2, -0.15) is 0 Å². The summed E-state index contributed by atoms with van der Waals surface area (Å²) in [5.74, 6) is 0.821. The highest BCUT2D eigenvalue weighted by Gasteiger charge is 2.38. The highest BCUT2D eigenvalue weighted by atomic mass is 15.1. The lowest BCUT2D eigenvalue weighted by Gasteiger charge is -2.37. The topological polar surface area (TPSA) is 43.8 Å². The van der Waals surface area contributed by atoms with Gasteiger partial charge in [0.25, 0.3) is 0 Å². The normalized spacial score (nSPS) is 12.8. The first-order valence-electron chi connectivity index (χ1n) is 11.1. The van der Waals surface area contributed by atoms with Crippen LogP contribution in [0.2, 0.25) is 0 Å². The van der Waals surface area contributed by atoms with E-state index in [0.717, 1.165) is 12.1 Å². The van der Waals surface area contributed by atoms with E-state index >= 15 is 0 Å². The van der Waals surface area contributed by atoms with Crippen LogP contribution in [-0.2, 0) is 5.54 Å². The van der Waals surface area contributed by atoms with Crippen molar-refractivity contribution in [3.8, 4) is 0 Å². The zero-order valence-electron chi connectivity index (χ0n) is 18.4. The van der Waals surface area contributed by atoms with Crippen molar-refractivity contribution >= 4 is 0 Å². The van der Waals surface area contributed by atoms with Crippen LogP contribution in [0, 0.1) is 5.92 Å². The van der Waals surface area contributed by atoms with Crippen molar-refractivity contribution < 1.29 is 0 Å². The van der Waals surface area contributed by atoms with E-state index in [0.29, 0.717) is 12.5 Å². The van der Waals surface area contributed by atoms with Gasteiger partial charge in [0.1, 0.15) is 5.54 Å². The summed E-state index contributed by atoms with van der Waals surface area (Å²) in [6.45, 7) is 5.08. The van der Waals surface area contributed by atoms with E-state index < -0.39 is 5.54 Å². The number of aromatic nitrogens is 2. The number of imidazole rings is 1. The van der Waals surface area contributed by atoms with Crippen LogP contribution in [0.25, 0.3) is 0 Å². The molecule has 2 N–H and O–H groups in total. The van der Waals surface area contributed by atoms with Gasteiger partial charge >= 0.3 is 0 Å². The standard InChI is InChI=1S/C28H31N3/c1-22(2)18-23(19-29)27-20-31(21-30-27)28(24-12-6-3-7-13-24,25-14-8-4-9-15-25)26-16-10-5-11-17-26/h3-17,20-23H,18-19,29H2,1-2H3/t23-/m1/s1. The van der Waals surface area contributed by atoms with Gasteiger partial charge in [-0.05, 0) is 29.0 Å². The molecule has 0 aliphatic rings. The summed E-state index contributed by atoms with van der Waals surface area (Å²) >= 11 is 0. The molecule has 1 heterocycles. The molecule has 4 rings (SSSR count). The van der Waals surface area contributed by atoms with Crippen LogP contribution >= 0.6 is 0 Å². The van der Waals surface area contributed by atoms with Crippen molar-refractivity contribution in [2.75, 3.05) is 6.54 Å². The molecule has 0 saturated carbocycles. The third kappa shape index (κ3) is 4.06. The van der Waals surface area contributed by atoms with Crippen LogP contribution in [0.5, 0.6) is 0 Å². The summed E-state index contributed by atoms with van der Waals surface area (Å²) in [5.41, 5.74) is 10.3. The summed E-state index contributed by atoms with van der Waals surface area (Å²) in [6.07, 6.45) is 5.21. The van der Waals surface area contributed by atoms with Gasteiger partial charge in [0, 0.05) is 18.7 Å². The Morgan fingerprint density at radius 3 is 1.61 bits per heavy atom. The average Bonchev–Trinajstić information content (AvgIpc) is 3.30. The molecule has 3 heteroatoms. The van der Waals surface area contributed by atoms with Crippen molar-refractivity contribution in [1.29, 1.82) is 0 Å². The Balaban J connectivity index is 1.98. The second-order valence-electron chi connectivity index (χ2n) is 8.58. The molecule has 0 aliphatic carbocycles. The SMILES string of the molecule is CC(C)C[C@H](CN)c1cn(C(c2ccccc2)(c2ccccc2)c2ccccc2)cn1. The van der Waals surface area contributed by atoms with Crippen LogP contribution < -0.4 is 5.73 Å². The molecular weight excluding hydrogens is 378 g/mol. The van der Waals surface area contributed by atoms with Crippen LogP contribution in [0.15, 0.2) is 104 Å². The summed E-state index contributed by atoms with van der Waals surface area (Å²) in [6, 6.07) is 32.1. The minimum atomic E-state index is -0.522. The molecular formula is C28H31N3. The lowest BCUT2D eigenvalue weighted by Crippen LogP contribution is -2.37. The minimum absolute atomic E-state index is 0.251. The van der Waals surface area contributed by atoms with Gasteiger partial charge in [0.05, 0.1) is 12.0 Å². The zero-order chi connectivity index (χ0) is 21.7. The first-order valence-corrected chi connectivity index (χ1v) is 11.1. The first kappa shape index (κ1) is 21.1. The van der Waals surface area contributed by atoms with Crippen molar-refractivity contribution in [1.82, 2.24) is 9.55 Å². The molecule has 0 bridgehead atoms. The Bertz CT molecular complexity index is 972. The van der Waals surface area contributed by atoms with Crippen molar-refractivity contribution in [2.24, 2.45) is 11.7 Å². The summed E-state index contributed by atoms with van der Waals surface area (Å²) in [4.78, 5) is 4.87. The van der Waals surface area contributed by atoms with Crippen molar-refractivity contribution in [3.63, 3.8) is 0 Å². The van der Waals surface area contributed by atoms with E-state index in [9.17, 15) is 0 Å². The fourth-order valence-corrected chi connectivity index (χ4v) is 4.62. The molecule has 0 radical (unpaired) electrons. The Labute approximate surface area is 185 Å². The molecule has 31 heavy (non-hydrogen) atoms. The van der Waals surface area contributed by atoms with Crippen LogP contribution in [0.3, 0.4) is 0 Å². The molecule has 1 atom stereocenters. The predicted molar refractivity (Wildman–Crippen MR) is 128 cm³/mol. The Morgan fingerprint density at radius 2 is 1.23 bits per heavy atom. The Hall–Kier alpha value is -3.17. The van der Waals surface area contributed by atoms with Gasteiger partial charge in [-0.25, -0.2) is 4.98 Å². The van der Waals surface area contributed by atoms with Gasteiger partial charge < -0.3 is 10.3 Å². The van der Waals surface area contributed by atoms with Crippen LogP contribution in [0.4, 0.5) is 0 Å². The second-order valence-corrected chi connectivity index (χ2v) is 8.58. The maximum atomic E-state index is 6.16. The van der Waals surface area contributed by atoms with Crippen molar-refractivity contribution in [2.45, 2.75) is 31.7 Å². The molecule has 158 valence electrons. The highest BCUT2D eigenvalue weighted by Crippen LogP contribution is 2.41. The lowest BCUT2D eigenvalue weighted by atomic mass is 9.76. The monoisotopic (exact) mass is 409 g/mol. The highest BCUT2D eigenvalue weighted by molar-refractivity contribution is 5.50. The van der Waals surface area contributed by atoms with Gasteiger partial charge in [0.2, 0.25) is 0 Å². The maximum absolute atomic E-state index is 6.16. The van der Waals surface area contributed by atoms with E-state index in [1.807, 2.05) is 6.33 Å². The molecule has 0 fully saturated rings. The smallest absolute Gasteiger partial charge is 0.121 e. The molecule has 0 saturated heterocycles. The molecule has 4 aromatic rings. The third-order valence-corrected chi connectivity index (χ3v) is 6.02. The molecule has 3 aromatic carbocycles. The van der Waals surface area contributed by atoms with Gasteiger partial charge in [-0.15, -0.1) is 0 Å². The number of hydrogen-bond donors (Lipinski definition) is 1. The summed E-state index contributed by atoms with van der Waals surface area (Å²) < 4.78 is 2.27. The van der Waals surface area contributed by atoms with Crippen LogP contribution in [-0.4, -0.2) is 16.1 Å². The van der Waals surface area contributed by atoms with E-state index in [4.69, 9.17) is 10.7 Å². The van der Waals surface area contributed by atoms with Crippen LogP contribution in [0.1, 0.15) is 48.6 Å². The third-order valence-electron chi connectivity index (χ3n) is 6.02. The fourth-order valence-electron chi connectivity index (χ4n) is 4.62. The van der Waals surface area contributed by atoms with Gasteiger partial charge in [0.15, 0.2) is 0 Å². The Kier molecular flexibility index (Phi) is 6.34. The molecule has 0 aliphatic heterocycles. The first-order chi connectivity index (χ1) is 15.2. The summed E-state index contributed by atoms with van der Waals surface area (Å²) in [7, 11) is 0. The molecule has 0 amide bonds. The van der Waals surface area contributed by atoms with Gasteiger partial charge in [-0.3, -0.25) is 0 Å². The number of nitrogens with zero attached hydrogens (tertiary/aromatic N) is 2. The fraction of sp³-hybridized carbons (Fsp3) is 0.250. The minimum Gasteiger partial charge on any atom is -0.330 e. The largest absolute Gasteiger partial charge is 0.330 e. The van der Waals surface area contributed by atoms with Crippen molar-refractivity contribution in [3.05, 3.63) is 126 Å². The van der Waals surface area contributed by atoms with E-state index in [1.54, 1.807) is 0 Å². The van der Waals surface area contributed by atoms with E-state index in [-0.39, 0.29) is 5.92 Å². The number of nitrogens with two attached hydrogens (primary N) is 1. The quantitative estimate of drug-likeness (QED) is 0.373. The molecule has 1 aromatic heterocycles. The second kappa shape index (κ2) is 9.32. The zero-order valence-corrected chi connectivity index (χ0v) is 18.4. The number of rotatable bonds is 8. The molecule has 0 unspecified atom stereocenters. The maximum Gasteiger partial charge on any atom is 0.121 e. The predicted octanol–water partition coefficient (Wildman–Crippen LogP) is 5.81. The Morgan fingerprint density at radius 1 is 0.774 bits per heavy atom.